The Morgan fingerprint density at radius 1 is 1.24 bits per heavy atom. The molecule has 3 rings (SSSR count). The molecule has 1 aromatic carbocycles. The number of benzene rings is 1. The maximum Gasteiger partial charge on any atom is 0.254 e. The lowest BCUT2D eigenvalue weighted by molar-refractivity contribution is 0.0302. The number of amides is 1. The molecule has 1 saturated heterocycles. The van der Waals surface area contributed by atoms with Crippen LogP contribution in [-0.2, 0) is 4.74 Å². The van der Waals surface area contributed by atoms with Gasteiger partial charge in [0.2, 0.25) is 11.8 Å². The van der Waals surface area contributed by atoms with Crippen molar-refractivity contribution >= 4 is 29.4 Å². The number of methoxy groups -OCH3 is 2. The molecule has 0 saturated carbocycles. The smallest absolute Gasteiger partial charge is 0.254 e. The lowest BCUT2D eigenvalue weighted by atomic mass is 10.1. The van der Waals surface area contributed by atoms with Crippen LogP contribution in [0.3, 0.4) is 0 Å². The average Bonchev–Trinajstić information content (AvgIpc) is 2.78. The van der Waals surface area contributed by atoms with Crippen LogP contribution >= 0.6 is 0 Å². The highest BCUT2D eigenvalue weighted by Crippen LogP contribution is 2.31. The van der Waals surface area contributed by atoms with E-state index in [4.69, 9.17) is 14.2 Å². The van der Waals surface area contributed by atoms with Gasteiger partial charge in [0.1, 0.15) is 11.6 Å². The molecule has 2 heterocycles. The molecule has 0 radical (unpaired) electrons. The number of nitrogens with zero attached hydrogens (tertiary/aromatic N) is 3. The predicted octanol–water partition coefficient (Wildman–Crippen LogP) is 2.39. The molecule has 29 heavy (non-hydrogen) atoms. The Kier molecular flexibility index (Phi) is 6.50. The quantitative estimate of drug-likeness (QED) is 0.732. The summed E-state index contributed by atoms with van der Waals surface area (Å²) in [5.41, 5.74) is 1.84. The number of nitrogens with one attached hydrogen (secondary N) is 2. The van der Waals surface area contributed by atoms with Crippen LogP contribution in [0.5, 0.6) is 11.6 Å². The Balaban J connectivity index is 1.88. The fourth-order valence-corrected chi connectivity index (χ4v) is 3.03. The van der Waals surface area contributed by atoms with E-state index < -0.39 is 0 Å². The second kappa shape index (κ2) is 9.24. The summed E-state index contributed by atoms with van der Waals surface area (Å²) in [6.45, 7) is 6.03. The Morgan fingerprint density at radius 3 is 2.62 bits per heavy atom. The fraction of sp³-hybridized carbons (Fsp3) is 0.350. The molecule has 9 heteroatoms. The third-order valence-corrected chi connectivity index (χ3v) is 4.54. The molecule has 0 atom stereocenters. The van der Waals surface area contributed by atoms with Crippen LogP contribution in [0.4, 0.5) is 17.5 Å². The summed E-state index contributed by atoms with van der Waals surface area (Å²) in [6.07, 6.45) is 1.63. The maximum absolute atomic E-state index is 12.7. The number of aromatic nitrogens is 2. The Hall–Kier alpha value is -3.33. The molecule has 0 unspecified atom stereocenters. The maximum atomic E-state index is 12.7. The summed E-state index contributed by atoms with van der Waals surface area (Å²) in [5, 5.41) is 6.13. The molecule has 2 N–H and O–H groups in total. The van der Waals surface area contributed by atoms with Gasteiger partial charge in [-0.05, 0) is 18.2 Å². The van der Waals surface area contributed by atoms with Gasteiger partial charge in [-0.3, -0.25) is 4.79 Å². The highest BCUT2D eigenvalue weighted by atomic mass is 16.5. The predicted molar refractivity (Wildman–Crippen MR) is 111 cm³/mol. The van der Waals surface area contributed by atoms with Crippen molar-refractivity contribution in [3.05, 3.63) is 35.9 Å². The van der Waals surface area contributed by atoms with Gasteiger partial charge in [0.05, 0.1) is 38.7 Å². The Morgan fingerprint density at radius 2 is 2.00 bits per heavy atom. The first kappa shape index (κ1) is 20.4. The van der Waals surface area contributed by atoms with Gasteiger partial charge in [-0.25, -0.2) is 0 Å². The molecule has 0 spiro atoms. The van der Waals surface area contributed by atoms with Crippen molar-refractivity contribution in [3.63, 3.8) is 0 Å². The van der Waals surface area contributed by atoms with Crippen molar-refractivity contribution < 1.29 is 19.0 Å². The van der Waals surface area contributed by atoms with Crippen molar-refractivity contribution in [3.8, 4) is 11.6 Å². The fourth-order valence-electron chi connectivity index (χ4n) is 3.03. The van der Waals surface area contributed by atoms with Crippen molar-refractivity contribution in [1.29, 1.82) is 0 Å². The van der Waals surface area contributed by atoms with Gasteiger partial charge in [0.15, 0.2) is 0 Å². The molecule has 9 nitrogen and oxygen atoms in total. The van der Waals surface area contributed by atoms with E-state index in [2.05, 4.69) is 27.2 Å². The number of morpholine rings is 1. The second-order valence-corrected chi connectivity index (χ2v) is 6.22. The van der Waals surface area contributed by atoms with Crippen LogP contribution in [0.25, 0.3) is 6.08 Å². The molecule has 0 aliphatic carbocycles. The largest absolute Gasteiger partial charge is 0.495 e. The van der Waals surface area contributed by atoms with Gasteiger partial charge in [-0.15, -0.1) is 0 Å². The molecular weight excluding hydrogens is 374 g/mol. The lowest BCUT2D eigenvalue weighted by Crippen LogP contribution is -2.40. The van der Waals surface area contributed by atoms with E-state index in [1.165, 1.54) is 7.11 Å². The molecule has 2 aromatic rings. The standard InChI is InChI=1S/C20H25N5O4/c1-5-14-17(21-2)23-20(24-18(14)28-4)22-15-7-6-13(12-16(15)27-3)19(26)25-8-10-29-11-9-25/h5-7,12H,1,8-11H2,2-4H3,(H2,21,22,23,24). The number of anilines is 3. The van der Waals surface area contributed by atoms with E-state index in [-0.39, 0.29) is 5.91 Å². The van der Waals surface area contributed by atoms with Crippen molar-refractivity contribution in [2.24, 2.45) is 0 Å². The molecule has 1 aliphatic rings. The van der Waals surface area contributed by atoms with Crippen LogP contribution in [0, 0.1) is 0 Å². The number of carbonyl (C=O) groups is 1. The number of hydrogen-bond acceptors (Lipinski definition) is 8. The number of hydrogen-bond donors (Lipinski definition) is 2. The summed E-state index contributed by atoms with van der Waals surface area (Å²) in [5.74, 6) is 1.74. The normalized spacial score (nSPS) is 13.6. The van der Waals surface area contributed by atoms with Crippen LogP contribution < -0.4 is 20.1 Å². The van der Waals surface area contributed by atoms with E-state index in [9.17, 15) is 4.79 Å². The molecule has 1 amide bonds. The van der Waals surface area contributed by atoms with Gasteiger partial charge in [0.25, 0.3) is 5.91 Å². The minimum Gasteiger partial charge on any atom is -0.495 e. The summed E-state index contributed by atoms with van der Waals surface area (Å²) >= 11 is 0. The van der Waals surface area contributed by atoms with Crippen molar-refractivity contribution in [2.75, 3.05) is 58.2 Å². The highest BCUT2D eigenvalue weighted by molar-refractivity contribution is 5.95. The molecule has 1 fully saturated rings. The monoisotopic (exact) mass is 399 g/mol. The van der Waals surface area contributed by atoms with Crippen LogP contribution in [0.2, 0.25) is 0 Å². The first-order valence-corrected chi connectivity index (χ1v) is 9.19. The van der Waals surface area contributed by atoms with E-state index in [0.717, 1.165) is 0 Å². The first-order valence-electron chi connectivity index (χ1n) is 9.19. The zero-order valence-electron chi connectivity index (χ0n) is 16.8. The van der Waals surface area contributed by atoms with E-state index >= 15 is 0 Å². The first-order chi connectivity index (χ1) is 14.1. The third kappa shape index (κ3) is 4.40. The van der Waals surface area contributed by atoms with Gasteiger partial charge >= 0.3 is 0 Å². The molecule has 0 bridgehead atoms. The third-order valence-electron chi connectivity index (χ3n) is 4.54. The van der Waals surface area contributed by atoms with Crippen LogP contribution in [0.15, 0.2) is 24.8 Å². The Labute approximate surface area is 169 Å². The second-order valence-electron chi connectivity index (χ2n) is 6.22. The molecule has 1 aromatic heterocycles. The summed E-state index contributed by atoms with van der Waals surface area (Å²) in [6, 6.07) is 5.22. The SMILES string of the molecule is C=Cc1c(NC)nc(Nc2ccc(C(=O)N3CCOCC3)cc2OC)nc1OC. The molecule has 1 aliphatic heterocycles. The van der Waals surface area contributed by atoms with Gasteiger partial charge in [-0.1, -0.05) is 12.7 Å². The van der Waals surface area contributed by atoms with Gasteiger partial charge in [-0.2, -0.15) is 9.97 Å². The van der Waals surface area contributed by atoms with Crippen molar-refractivity contribution in [1.82, 2.24) is 14.9 Å². The summed E-state index contributed by atoms with van der Waals surface area (Å²) < 4.78 is 16.1. The number of rotatable bonds is 7. The minimum absolute atomic E-state index is 0.0520. The number of ether oxygens (including phenoxy) is 3. The van der Waals surface area contributed by atoms with Crippen LogP contribution in [0.1, 0.15) is 15.9 Å². The molecule has 154 valence electrons. The number of carbonyl (C=O) groups excluding carboxylic acids is 1. The van der Waals surface area contributed by atoms with Crippen LogP contribution in [-0.4, -0.2) is 68.3 Å². The van der Waals surface area contributed by atoms with Crippen molar-refractivity contribution in [2.45, 2.75) is 0 Å². The zero-order valence-corrected chi connectivity index (χ0v) is 16.8. The lowest BCUT2D eigenvalue weighted by Gasteiger charge is -2.27. The Bertz CT molecular complexity index is 871. The summed E-state index contributed by atoms with van der Waals surface area (Å²) in [7, 11) is 4.83. The van der Waals surface area contributed by atoms with Gasteiger partial charge in [0, 0.05) is 25.7 Å². The minimum atomic E-state index is -0.0520. The topological polar surface area (TPSA) is 97.8 Å². The highest BCUT2D eigenvalue weighted by Gasteiger charge is 2.20. The average molecular weight is 399 g/mol. The summed E-state index contributed by atoms with van der Waals surface area (Å²) in [4.78, 5) is 23.3. The molecular formula is C20H25N5O4. The van der Waals surface area contributed by atoms with E-state index in [0.29, 0.717) is 66.5 Å². The van der Waals surface area contributed by atoms with E-state index in [1.807, 2.05) is 0 Å². The van der Waals surface area contributed by atoms with E-state index in [1.54, 1.807) is 43.3 Å². The van der Waals surface area contributed by atoms with Gasteiger partial charge < -0.3 is 29.7 Å². The zero-order chi connectivity index (χ0) is 20.8.